The number of anilines is 1. The SMILES string of the molecule is CCCOc1ccc(-c2nc(-c3ccc4c(c3)CCN4C(=O)CCC(=O)O)no2)cc1Cl. The van der Waals surface area contributed by atoms with Crippen molar-refractivity contribution in [1.29, 1.82) is 0 Å². The molecule has 32 heavy (non-hydrogen) atoms. The Labute approximate surface area is 189 Å². The lowest BCUT2D eigenvalue weighted by atomic mass is 10.1. The van der Waals surface area contributed by atoms with Crippen molar-refractivity contribution in [3.63, 3.8) is 0 Å². The Morgan fingerprint density at radius 2 is 2.00 bits per heavy atom. The molecule has 0 saturated carbocycles. The molecule has 0 spiro atoms. The van der Waals surface area contributed by atoms with Gasteiger partial charge in [0.2, 0.25) is 11.7 Å². The van der Waals surface area contributed by atoms with Gasteiger partial charge in [-0.25, -0.2) is 0 Å². The lowest BCUT2D eigenvalue weighted by molar-refractivity contribution is -0.138. The van der Waals surface area contributed by atoms with E-state index in [1.807, 2.05) is 31.2 Å². The average Bonchev–Trinajstić information content (AvgIpc) is 3.43. The van der Waals surface area contributed by atoms with Crippen molar-refractivity contribution < 1.29 is 24.0 Å². The Balaban J connectivity index is 1.51. The maximum atomic E-state index is 12.3. The summed E-state index contributed by atoms with van der Waals surface area (Å²) in [5.41, 5.74) is 3.24. The number of hydrogen-bond acceptors (Lipinski definition) is 6. The van der Waals surface area contributed by atoms with Crippen molar-refractivity contribution in [2.75, 3.05) is 18.1 Å². The molecule has 9 heteroatoms. The first-order valence-corrected chi connectivity index (χ1v) is 10.8. The molecule has 1 aromatic heterocycles. The fourth-order valence-corrected chi connectivity index (χ4v) is 3.80. The molecular formula is C23H22ClN3O5. The minimum absolute atomic E-state index is 0.0183. The van der Waals surface area contributed by atoms with Gasteiger partial charge in [0, 0.05) is 29.8 Å². The van der Waals surface area contributed by atoms with Gasteiger partial charge in [0.1, 0.15) is 5.75 Å². The van der Waals surface area contributed by atoms with E-state index in [4.69, 9.17) is 26.0 Å². The summed E-state index contributed by atoms with van der Waals surface area (Å²) in [6.45, 7) is 3.14. The second kappa shape index (κ2) is 9.40. The monoisotopic (exact) mass is 455 g/mol. The number of ether oxygens (including phenoxy) is 1. The van der Waals surface area contributed by atoms with E-state index < -0.39 is 5.97 Å². The third-order valence-corrected chi connectivity index (χ3v) is 5.45. The van der Waals surface area contributed by atoms with Crippen LogP contribution in [0, 0.1) is 0 Å². The summed E-state index contributed by atoms with van der Waals surface area (Å²) < 4.78 is 11.0. The lowest BCUT2D eigenvalue weighted by Gasteiger charge is -2.16. The molecule has 8 nitrogen and oxygen atoms in total. The molecule has 0 fully saturated rings. The number of rotatable bonds is 8. The van der Waals surface area contributed by atoms with Crippen molar-refractivity contribution in [3.05, 3.63) is 47.0 Å². The summed E-state index contributed by atoms with van der Waals surface area (Å²) in [5.74, 6) is 0.211. The Morgan fingerprint density at radius 3 is 2.75 bits per heavy atom. The molecule has 0 radical (unpaired) electrons. The second-order valence-corrected chi connectivity index (χ2v) is 7.86. The number of nitrogens with zero attached hydrogens (tertiary/aromatic N) is 3. The minimum Gasteiger partial charge on any atom is -0.492 e. The molecule has 4 rings (SSSR count). The Bertz CT molecular complexity index is 1160. The second-order valence-electron chi connectivity index (χ2n) is 7.45. The average molecular weight is 456 g/mol. The minimum atomic E-state index is -0.981. The van der Waals surface area contributed by atoms with Gasteiger partial charge in [-0.1, -0.05) is 23.7 Å². The van der Waals surface area contributed by atoms with Gasteiger partial charge >= 0.3 is 5.97 Å². The van der Waals surface area contributed by atoms with Gasteiger partial charge in [-0.2, -0.15) is 4.98 Å². The van der Waals surface area contributed by atoms with Crippen molar-refractivity contribution in [3.8, 4) is 28.6 Å². The van der Waals surface area contributed by atoms with Crippen molar-refractivity contribution in [1.82, 2.24) is 10.1 Å². The topological polar surface area (TPSA) is 106 Å². The number of hydrogen-bond donors (Lipinski definition) is 1. The summed E-state index contributed by atoms with van der Waals surface area (Å²) in [6.07, 6.45) is 1.38. The van der Waals surface area contributed by atoms with E-state index in [9.17, 15) is 9.59 Å². The van der Waals surface area contributed by atoms with Crippen LogP contribution in [0.5, 0.6) is 5.75 Å². The molecule has 1 N–H and O–H groups in total. The van der Waals surface area contributed by atoms with E-state index in [0.717, 1.165) is 23.2 Å². The Morgan fingerprint density at radius 1 is 1.19 bits per heavy atom. The number of halogens is 1. The quantitative estimate of drug-likeness (QED) is 0.529. The number of carbonyl (C=O) groups excluding carboxylic acids is 1. The van der Waals surface area contributed by atoms with Crippen molar-refractivity contribution >= 4 is 29.2 Å². The van der Waals surface area contributed by atoms with Crippen LogP contribution in [0.3, 0.4) is 0 Å². The summed E-state index contributed by atoms with van der Waals surface area (Å²) in [6, 6.07) is 10.9. The summed E-state index contributed by atoms with van der Waals surface area (Å²) in [7, 11) is 0. The molecule has 1 amide bonds. The molecule has 1 aliphatic rings. The van der Waals surface area contributed by atoms with E-state index in [0.29, 0.717) is 47.6 Å². The van der Waals surface area contributed by atoms with Crippen LogP contribution >= 0.6 is 11.6 Å². The predicted molar refractivity (Wildman–Crippen MR) is 119 cm³/mol. The van der Waals surface area contributed by atoms with Crippen LogP contribution in [-0.4, -0.2) is 40.3 Å². The van der Waals surface area contributed by atoms with Gasteiger partial charge < -0.3 is 19.3 Å². The molecule has 2 aromatic carbocycles. The van der Waals surface area contributed by atoms with Gasteiger partial charge in [-0.3, -0.25) is 9.59 Å². The number of carbonyl (C=O) groups is 2. The van der Waals surface area contributed by atoms with E-state index in [-0.39, 0.29) is 18.7 Å². The van der Waals surface area contributed by atoms with Gasteiger partial charge in [0.15, 0.2) is 0 Å². The Hall–Kier alpha value is -3.39. The van der Waals surface area contributed by atoms with E-state index in [2.05, 4.69) is 10.1 Å². The number of fused-ring (bicyclic) bond motifs is 1. The highest BCUT2D eigenvalue weighted by molar-refractivity contribution is 6.32. The fraction of sp³-hybridized carbons (Fsp3) is 0.304. The number of benzene rings is 2. The molecule has 0 atom stereocenters. The molecule has 0 bridgehead atoms. The van der Waals surface area contributed by atoms with Crippen molar-refractivity contribution in [2.45, 2.75) is 32.6 Å². The summed E-state index contributed by atoms with van der Waals surface area (Å²) in [5, 5.41) is 13.4. The summed E-state index contributed by atoms with van der Waals surface area (Å²) in [4.78, 5) is 29.2. The smallest absolute Gasteiger partial charge is 0.303 e. The number of carboxylic acids is 1. The molecule has 166 valence electrons. The highest BCUT2D eigenvalue weighted by atomic mass is 35.5. The first-order valence-electron chi connectivity index (χ1n) is 10.4. The molecule has 0 saturated heterocycles. The largest absolute Gasteiger partial charge is 0.492 e. The maximum Gasteiger partial charge on any atom is 0.303 e. The molecule has 2 heterocycles. The first-order chi connectivity index (χ1) is 15.5. The van der Waals surface area contributed by atoms with Crippen LogP contribution in [0.25, 0.3) is 22.8 Å². The van der Waals surface area contributed by atoms with Crippen LogP contribution in [0.2, 0.25) is 5.02 Å². The van der Waals surface area contributed by atoms with E-state index in [1.54, 1.807) is 17.0 Å². The zero-order valence-corrected chi connectivity index (χ0v) is 18.3. The molecule has 3 aromatic rings. The van der Waals surface area contributed by atoms with Crippen molar-refractivity contribution in [2.24, 2.45) is 0 Å². The third kappa shape index (κ3) is 4.60. The van der Waals surface area contributed by atoms with Crippen LogP contribution in [-0.2, 0) is 16.0 Å². The number of aliphatic carboxylic acids is 1. The van der Waals surface area contributed by atoms with E-state index >= 15 is 0 Å². The Kier molecular flexibility index (Phi) is 6.41. The highest BCUT2D eigenvalue weighted by Gasteiger charge is 2.25. The van der Waals surface area contributed by atoms with Crippen LogP contribution < -0.4 is 9.64 Å². The number of carboxylic acid groups (broad SMARTS) is 1. The van der Waals surface area contributed by atoms with E-state index in [1.165, 1.54) is 0 Å². The predicted octanol–water partition coefficient (Wildman–Crippen LogP) is 4.60. The zero-order chi connectivity index (χ0) is 22.7. The van der Waals surface area contributed by atoms with Crippen LogP contribution in [0.4, 0.5) is 5.69 Å². The highest BCUT2D eigenvalue weighted by Crippen LogP contribution is 2.34. The fourth-order valence-electron chi connectivity index (χ4n) is 3.57. The maximum absolute atomic E-state index is 12.3. The first kappa shape index (κ1) is 21.8. The van der Waals surface area contributed by atoms with Crippen LogP contribution in [0.1, 0.15) is 31.7 Å². The van der Waals surface area contributed by atoms with Crippen LogP contribution in [0.15, 0.2) is 40.9 Å². The normalized spacial score (nSPS) is 12.6. The standard InChI is InChI=1S/C23H22ClN3O5/c1-2-11-31-19-6-4-16(13-17(19)24)23-25-22(26-32-23)15-3-5-18-14(12-15)9-10-27(18)20(28)7-8-21(29)30/h3-6,12-13H,2,7-11H2,1H3,(H,29,30). The van der Waals surface area contributed by atoms with Gasteiger partial charge in [-0.05, 0) is 54.8 Å². The number of aromatic nitrogens is 2. The lowest BCUT2D eigenvalue weighted by Crippen LogP contribution is -2.29. The summed E-state index contributed by atoms with van der Waals surface area (Å²) >= 11 is 6.30. The molecule has 0 aliphatic carbocycles. The van der Waals surface area contributed by atoms with Gasteiger partial charge in [0.05, 0.1) is 18.1 Å². The van der Waals surface area contributed by atoms with Gasteiger partial charge in [0.25, 0.3) is 5.89 Å². The third-order valence-electron chi connectivity index (χ3n) is 5.15. The number of amides is 1. The molecule has 1 aliphatic heterocycles. The molecule has 0 unspecified atom stereocenters. The zero-order valence-electron chi connectivity index (χ0n) is 17.5. The van der Waals surface area contributed by atoms with Gasteiger partial charge in [-0.15, -0.1) is 0 Å². The molecular weight excluding hydrogens is 434 g/mol.